The first-order valence-electron chi connectivity index (χ1n) is 11.0. The van der Waals surface area contributed by atoms with Crippen LogP contribution in [0, 0.1) is 17.6 Å². The van der Waals surface area contributed by atoms with Crippen LogP contribution in [-0.2, 0) is 30.5 Å². The van der Waals surface area contributed by atoms with Gasteiger partial charge in [-0.1, -0.05) is 26.0 Å². The van der Waals surface area contributed by atoms with Gasteiger partial charge in [-0.25, -0.2) is 8.78 Å². The van der Waals surface area contributed by atoms with E-state index in [0.29, 0.717) is 6.42 Å². The highest BCUT2D eigenvalue weighted by molar-refractivity contribution is 5.90. The van der Waals surface area contributed by atoms with Crippen molar-refractivity contribution >= 4 is 23.7 Å². The van der Waals surface area contributed by atoms with Gasteiger partial charge in [-0.3, -0.25) is 19.2 Å². The molecule has 1 aliphatic rings. The lowest BCUT2D eigenvalue weighted by Crippen LogP contribution is -2.51. The molecule has 1 aliphatic heterocycles. The molecule has 0 bridgehead atoms. The molecule has 0 saturated carbocycles. The zero-order valence-corrected chi connectivity index (χ0v) is 19.3. The van der Waals surface area contributed by atoms with Crippen molar-refractivity contribution in [3.8, 4) is 0 Å². The van der Waals surface area contributed by atoms with Crippen LogP contribution < -0.4 is 10.6 Å². The van der Waals surface area contributed by atoms with E-state index in [9.17, 15) is 28.0 Å². The minimum Gasteiger partial charge on any atom is -0.462 e. The molecule has 1 aromatic rings. The largest absolute Gasteiger partial charge is 0.462 e. The molecule has 3 amide bonds. The Kier molecular flexibility index (Phi) is 9.31. The third-order valence-corrected chi connectivity index (χ3v) is 5.29. The lowest BCUT2D eigenvalue weighted by Gasteiger charge is -2.26. The van der Waals surface area contributed by atoms with Crippen LogP contribution in [0.5, 0.6) is 0 Å². The van der Waals surface area contributed by atoms with Gasteiger partial charge in [0.2, 0.25) is 17.7 Å². The Morgan fingerprint density at radius 1 is 1.18 bits per heavy atom. The molecule has 1 saturated heterocycles. The van der Waals surface area contributed by atoms with Crippen molar-refractivity contribution < 1.29 is 32.7 Å². The Hall–Kier alpha value is -3.04. The molecule has 0 unspecified atom stereocenters. The minimum atomic E-state index is -1.02. The van der Waals surface area contributed by atoms with Crippen molar-refractivity contribution in [2.24, 2.45) is 5.92 Å². The van der Waals surface area contributed by atoms with E-state index in [1.807, 2.05) is 0 Å². The average molecular weight is 468 g/mol. The van der Waals surface area contributed by atoms with E-state index in [0.717, 1.165) is 6.07 Å². The number of amides is 3. The topological polar surface area (TPSA) is 105 Å². The average Bonchev–Trinajstić information content (AvgIpc) is 3.06. The van der Waals surface area contributed by atoms with Crippen molar-refractivity contribution in [3.63, 3.8) is 0 Å². The van der Waals surface area contributed by atoms with Crippen molar-refractivity contribution in [1.29, 1.82) is 0 Å². The lowest BCUT2D eigenvalue weighted by atomic mass is 10.0. The van der Waals surface area contributed by atoms with Gasteiger partial charge in [-0.2, -0.15) is 0 Å². The molecule has 0 aromatic heterocycles. The van der Waals surface area contributed by atoms with Crippen molar-refractivity contribution in [3.05, 3.63) is 35.4 Å². The van der Waals surface area contributed by atoms with Crippen LogP contribution in [0.3, 0.4) is 0 Å². The first kappa shape index (κ1) is 26.2. The molecule has 2 N–H and O–H groups in total. The molecule has 1 fully saturated rings. The van der Waals surface area contributed by atoms with E-state index >= 15 is 0 Å². The third kappa shape index (κ3) is 7.50. The maximum absolute atomic E-state index is 14.1. The Bertz CT molecular complexity index is 891. The minimum absolute atomic E-state index is 0.0309. The zero-order chi connectivity index (χ0) is 24.7. The number of carbonyl (C=O) groups excluding carboxylic acids is 4. The van der Waals surface area contributed by atoms with Crippen LogP contribution in [0.25, 0.3) is 0 Å². The fourth-order valence-corrected chi connectivity index (χ4v) is 3.63. The van der Waals surface area contributed by atoms with Gasteiger partial charge < -0.3 is 20.3 Å². The number of esters is 1. The molecule has 2 atom stereocenters. The molecule has 10 heteroatoms. The van der Waals surface area contributed by atoms with E-state index in [-0.39, 0.29) is 49.4 Å². The molecule has 33 heavy (non-hydrogen) atoms. The van der Waals surface area contributed by atoms with Crippen molar-refractivity contribution in [2.75, 3.05) is 6.54 Å². The number of benzene rings is 1. The number of nitrogens with zero attached hydrogens (tertiary/aromatic N) is 1. The fourth-order valence-electron chi connectivity index (χ4n) is 3.63. The predicted molar refractivity (Wildman–Crippen MR) is 116 cm³/mol. The molecule has 0 spiro atoms. The van der Waals surface area contributed by atoms with Crippen LogP contribution in [-0.4, -0.2) is 53.3 Å². The van der Waals surface area contributed by atoms with Crippen LogP contribution in [0.1, 0.15) is 52.5 Å². The molecule has 1 heterocycles. The predicted octanol–water partition coefficient (Wildman–Crippen LogP) is 2.05. The number of halogens is 2. The summed E-state index contributed by atoms with van der Waals surface area (Å²) in [6.07, 6.45) is 0.186. The second-order valence-corrected chi connectivity index (χ2v) is 8.68. The van der Waals surface area contributed by atoms with E-state index < -0.39 is 41.5 Å². The fraction of sp³-hybridized carbons (Fsp3) is 0.565. The highest BCUT2D eigenvalue weighted by Gasteiger charge is 2.34. The van der Waals surface area contributed by atoms with Gasteiger partial charge in [0.1, 0.15) is 12.6 Å². The second kappa shape index (κ2) is 11.7. The van der Waals surface area contributed by atoms with Gasteiger partial charge in [0.25, 0.3) is 0 Å². The SMILES string of the molecule is CC(C)OC(=O)CNC(=O)[C@@H](NC(=O)C[C@@H]1CCC(=O)N1Cc1cccc(F)c1F)C(C)C. The smallest absolute Gasteiger partial charge is 0.325 e. The number of rotatable bonds is 10. The van der Waals surface area contributed by atoms with Crippen molar-refractivity contribution in [1.82, 2.24) is 15.5 Å². The van der Waals surface area contributed by atoms with Gasteiger partial charge in [-0.05, 0) is 32.3 Å². The van der Waals surface area contributed by atoms with E-state index in [4.69, 9.17) is 4.74 Å². The van der Waals surface area contributed by atoms with Gasteiger partial charge in [-0.15, -0.1) is 0 Å². The summed E-state index contributed by atoms with van der Waals surface area (Å²) < 4.78 is 32.5. The van der Waals surface area contributed by atoms with Crippen LogP contribution in [0.15, 0.2) is 18.2 Å². The number of nitrogens with one attached hydrogen (secondary N) is 2. The molecular formula is C23H31F2N3O5. The summed E-state index contributed by atoms with van der Waals surface area (Å²) in [6.45, 7) is 6.41. The van der Waals surface area contributed by atoms with Gasteiger partial charge in [0.15, 0.2) is 11.6 Å². The maximum Gasteiger partial charge on any atom is 0.325 e. The summed E-state index contributed by atoms with van der Waals surface area (Å²) >= 11 is 0. The Morgan fingerprint density at radius 3 is 2.52 bits per heavy atom. The summed E-state index contributed by atoms with van der Waals surface area (Å²) in [7, 11) is 0. The standard InChI is InChI=1S/C23H31F2N3O5/c1-13(2)22(23(32)26-11-20(31)33-14(3)4)27-18(29)10-16-8-9-19(30)28(16)12-15-6-5-7-17(24)21(15)25/h5-7,13-14,16,22H,8-12H2,1-4H3,(H,26,32)(H,27,29)/t16-,22-/m0/s1. The van der Waals surface area contributed by atoms with Crippen molar-refractivity contribution in [2.45, 2.75) is 71.7 Å². The summed E-state index contributed by atoms with van der Waals surface area (Å²) in [5, 5.41) is 5.11. The Balaban J connectivity index is 1.98. The highest BCUT2D eigenvalue weighted by Crippen LogP contribution is 2.25. The monoisotopic (exact) mass is 467 g/mol. The van der Waals surface area contributed by atoms with Gasteiger partial charge in [0, 0.05) is 31.0 Å². The Morgan fingerprint density at radius 2 is 1.88 bits per heavy atom. The van der Waals surface area contributed by atoms with E-state index in [1.165, 1.54) is 17.0 Å². The number of ether oxygens (including phenoxy) is 1. The maximum atomic E-state index is 14.1. The first-order chi connectivity index (χ1) is 15.5. The zero-order valence-electron chi connectivity index (χ0n) is 19.3. The summed E-state index contributed by atoms with van der Waals surface area (Å²) in [4.78, 5) is 50.5. The summed E-state index contributed by atoms with van der Waals surface area (Å²) in [5.74, 6) is -4.12. The molecular weight excluding hydrogens is 436 g/mol. The molecule has 0 aliphatic carbocycles. The number of hydrogen-bond acceptors (Lipinski definition) is 5. The summed E-state index contributed by atoms with van der Waals surface area (Å²) in [5.41, 5.74) is 0.0309. The number of likely N-dealkylation sites (tertiary alicyclic amines) is 1. The van der Waals surface area contributed by atoms with Crippen LogP contribution in [0.4, 0.5) is 8.78 Å². The van der Waals surface area contributed by atoms with Gasteiger partial charge in [0.05, 0.1) is 6.10 Å². The van der Waals surface area contributed by atoms with Crippen LogP contribution in [0.2, 0.25) is 0 Å². The first-order valence-corrected chi connectivity index (χ1v) is 11.0. The molecule has 182 valence electrons. The molecule has 0 radical (unpaired) electrons. The normalized spacial score (nSPS) is 16.8. The number of carbonyl (C=O) groups is 4. The van der Waals surface area contributed by atoms with E-state index in [2.05, 4.69) is 10.6 Å². The Labute approximate surface area is 192 Å². The second-order valence-electron chi connectivity index (χ2n) is 8.68. The van der Waals surface area contributed by atoms with Crippen LogP contribution >= 0.6 is 0 Å². The third-order valence-electron chi connectivity index (χ3n) is 5.29. The quantitative estimate of drug-likeness (QED) is 0.513. The molecule has 1 aromatic carbocycles. The number of hydrogen-bond donors (Lipinski definition) is 2. The van der Waals surface area contributed by atoms with Gasteiger partial charge >= 0.3 is 5.97 Å². The lowest BCUT2D eigenvalue weighted by molar-refractivity contribution is -0.147. The highest BCUT2D eigenvalue weighted by atomic mass is 19.2. The molecule has 2 rings (SSSR count). The molecule has 8 nitrogen and oxygen atoms in total. The summed E-state index contributed by atoms with van der Waals surface area (Å²) in [6, 6.07) is 2.35. The van der Waals surface area contributed by atoms with E-state index in [1.54, 1.807) is 27.7 Å².